The van der Waals surface area contributed by atoms with Crippen LogP contribution in [-0.2, 0) is 19.1 Å². The minimum atomic E-state index is -0.560. The Bertz CT molecular complexity index is 556. The molecule has 1 N–H and O–H groups in total. The average Bonchev–Trinajstić information content (AvgIpc) is 2.50. The Morgan fingerprint density at radius 3 is 2.08 bits per heavy atom. The molecule has 4 aliphatic rings. The lowest BCUT2D eigenvalue weighted by atomic mass is 9.35. The normalized spacial score (nSPS) is 48.7. The molecule has 0 unspecified atom stereocenters. The van der Waals surface area contributed by atoms with Crippen LogP contribution in [0.25, 0.3) is 0 Å². The number of rotatable bonds is 2. The third kappa shape index (κ3) is 2.23. The van der Waals surface area contributed by atoms with Crippen molar-refractivity contribution < 1.29 is 24.2 Å². The van der Waals surface area contributed by atoms with Gasteiger partial charge in [-0.25, -0.2) is 0 Å². The first-order chi connectivity index (χ1) is 11.0. The molecule has 0 amide bonds. The van der Waals surface area contributed by atoms with Crippen LogP contribution in [0.4, 0.5) is 0 Å². The van der Waals surface area contributed by atoms with Crippen LogP contribution < -0.4 is 0 Å². The molecule has 4 fully saturated rings. The van der Waals surface area contributed by atoms with Gasteiger partial charge in [-0.3, -0.25) is 9.59 Å². The molecule has 8 atom stereocenters. The van der Waals surface area contributed by atoms with Crippen molar-refractivity contribution in [2.45, 2.75) is 72.7 Å². The number of carbonyl (C=O) groups is 2. The number of aliphatic hydroxyl groups excluding tert-OH is 1. The van der Waals surface area contributed by atoms with Gasteiger partial charge < -0.3 is 14.6 Å². The number of hydrogen-bond acceptors (Lipinski definition) is 5. The summed E-state index contributed by atoms with van der Waals surface area (Å²) < 4.78 is 11.3. The van der Waals surface area contributed by atoms with E-state index >= 15 is 0 Å². The summed E-state index contributed by atoms with van der Waals surface area (Å²) in [6.45, 7) is 11.4. The van der Waals surface area contributed by atoms with Gasteiger partial charge in [-0.15, -0.1) is 0 Å². The number of aliphatic hydroxyl groups is 1. The van der Waals surface area contributed by atoms with Crippen LogP contribution in [0, 0.1) is 34.5 Å². The fraction of sp³-hybridized carbons (Fsp3) is 0.895. The van der Waals surface area contributed by atoms with Crippen molar-refractivity contribution in [3.63, 3.8) is 0 Å². The van der Waals surface area contributed by atoms with Crippen molar-refractivity contribution in [3.8, 4) is 0 Å². The van der Waals surface area contributed by atoms with E-state index < -0.39 is 6.10 Å². The maximum Gasteiger partial charge on any atom is 0.302 e. The molecule has 24 heavy (non-hydrogen) atoms. The summed E-state index contributed by atoms with van der Waals surface area (Å²) in [4.78, 5) is 23.2. The average molecular weight is 338 g/mol. The van der Waals surface area contributed by atoms with E-state index in [0.29, 0.717) is 18.3 Å². The molecule has 0 aromatic heterocycles. The Morgan fingerprint density at radius 1 is 0.958 bits per heavy atom. The Labute approximate surface area is 144 Å². The Balaban J connectivity index is 2.02. The van der Waals surface area contributed by atoms with Crippen molar-refractivity contribution >= 4 is 11.9 Å². The lowest BCUT2D eigenvalue weighted by Gasteiger charge is -2.70. The van der Waals surface area contributed by atoms with Gasteiger partial charge in [0, 0.05) is 37.0 Å². The van der Waals surface area contributed by atoms with E-state index in [1.807, 2.05) is 0 Å². The zero-order chi connectivity index (χ0) is 18.0. The van der Waals surface area contributed by atoms with Crippen molar-refractivity contribution in [2.24, 2.45) is 34.5 Å². The van der Waals surface area contributed by atoms with E-state index in [1.165, 1.54) is 13.8 Å². The zero-order valence-electron chi connectivity index (χ0n) is 15.5. The molecule has 5 heteroatoms. The smallest absolute Gasteiger partial charge is 0.302 e. The minimum Gasteiger partial charge on any atom is -0.462 e. The van der Waals surface area contributed by atoms with E-state index in [0.717, 1.165) is 6.42 Å². The molecule has 0 aliphatic heterocycles. The molecule has 4 rings (SSSR count). The van der Waals surface area contributed by atoms with E-state index in [9.17, 15) is 14.7 Å². The summed E-state index contributed by atoms with van der Waals surface area (Å²) in [5, 5.41) is 11.0. The second-order valence-electron chi connectivity index (χ2n) is 8.98. The van der Waals surface area contributed by atoms with E-state index in [2.05, 4.69) is 27.7 Å². The quantitative estimate of drug-likeness (QED) is 0.783. The number of carbonyl (C=O) groups excluding carboxylic acids is 2. The first-order valence-corrected chi connectivity index (χ1v) is 9.03. The van der Waals surface area contributed by atoms with Crippen molar-refractivity contribution in [1.29, 1.82) is 0 Å². The molecular formula is C19H30O5. The van der Waals surface area contributed by atoms with Gasteiger partial charge in [-0.1, -0.05) is 27.7 Å². The predicted molar refractivity (Wildman–Crippen MR) is 87.9 cm³/mol. The Hall–Kier alpha value is -1.10. The first kappa shape index (κ1) is 17.7. The first-order valence-electron chi connectivity index (χ1n) is 9.03. The summed E-state index contributed by atoms with van der Waals surface area (Å²) >= 11 is 0. The highest BCUT2D eigenvalue weighted by Crippen LogP contribution is 2.74. The lowest BCUT2D eigenvalue weighted by Crippen LogP contribution is -2.71. The molecular weight excluding hydrogens is 308 g/mol. The molecule has 4 bridgehead atoms. The van der Waals surface area contributed by atoms with Crippen LogP contribution in [0.5, 0.6) is 0 Å². The maximum absolute atomic E-state index is 11.6. The van der Waals surface area contributed by atoms with Crippen molar-refractivity contribution in [1.82, 2.24) is 0 Å². The minimum absolute atomic E-state index is 0.119. The van der Waals surface area contributed by atoms with Crippen LogP contribution in [0.2, 0.25) is 0 Å². The molecule has 0 aromatic rings. The monoisotopic (exact) mass is 338 g/mol. The molecule has 0 spiro atoms. The van der Waals surface area contributed by atoms with Gasteiger partial charge in [0.2, 0.25) is 0 Å². The van der Waals surface area contributed by atoms with Gasteiger partial charge in [0.25, 0.3) is 0 Å². The number of hydrogen-bond donors (Lipinski definition) is 1. The highest BCUT2D eigenvalue weighted by molar-refractivity contribution is 5.66. The van der Waals surface area contributed by atoms with Gasteiger partial charge in [0.05, 0.1) is 6.10 Å². The molecule has 0 radical (unpaired) electrons. The summed E-state index contributed by atoms with van der Waals surface area (Å²) in [5.41, 5.74) is -0.542. The fourth-order valence-electron chi connectivity index (χ4n) is 6.44. The lowest BCUT2D eigenvalue weighted by molar-refractivity contribution is -0.283. The molecule has 5 nitrogen and oxygen atoms in total. The topological polar surface area (TPSA) is 72.8 Å². The second-order valence-corrected chi connectivity index (χ2v) is 8.98. The highest BCUT2D eigenvalue weighted by atomic mass is 16.5. The van der Waals surface area contributed by atoms with Crippen LogP contribution in [-0.4, -0.2) is 35.4 Å². The molecule has 0 heterocycles. The molecule has 136 valence electrons. The molecule has 4 aliphatic carbocycles. The van der Waals surface area contributed by atoms with Crippen LogP contribution in [0.3, 0.4) is 0 Å². The molecule has 4 saturated carbocycles. The Morgan fingerprint density at radius 2 is 1.54 bits per heavy atom. The number of ether oxygens (including phenoxy) is 2. The van der Waals surface area contributed by atoms with Crippen LogP contribution in [0.15, 0.2) is 0 Å². The maximum atomic E-state index is 11.6. The third-order valence-corrected chi connectivity index (χ3v) is 7.30. The third-order valence-electron chi connectivity index (χ3n) is 7.30. The fourth-order valence-corrected chi connectivity index (χ4v) is 6.44. The largest absolute Gasteiger partial charge is 0.462 e. The predicted octanol–water partition coefficient (Wildman–Crippen LogP) is 2.55. The molecule has 0 aromatic carbocycles. The second kappa shape index (κ2) is 5.45. The van der Waals surface area contributed by atoms with Crippen molar-refractivity contribution in [3.05, 3.63) is 0 Å². The van der Waals surface area contributed by atoms with Gasteiger partial charge in [-0.2, -0.15) is 0 Å². The van der Waals surface area contributed by atoms with Gasteiger partial charge >= 0.3 is 11.9 Å². The van der Waals surface area contributed by atoms with Crippen molar-refractivity contribution in [2.75, 3.05) is 0 Å². The van der Waals surface area contributed by atoms with Gasteiger partial charge in [0.15, 0.2) is 0 Å². The van der Waals surface area contributed by atoms with Crippen LogP contribution in [0.1, 0.15) is 54.4 Å². The van der Waals surface area contributed by atoms with E-state index in [1.54, 1.807) is 0 Å². The van der Waals surface area contributed by atoms with E-state index in [4.69, 9.17) is 9.47 Å². The summed E-state index contributed by atoms with van der Waals surface area (Å²) in [6.07, 6.45) is 0.263. The zero-order valence-corrected chi connectivity index (χ0v) is 15.5. The van der Waals surface area contributed by atoms with Gasteiger partial charge in [0.1, 0.15) is 12.2 Å². The number of esters is 2. The highest BCUT2D eigenvalue weighted by Gasteiger charge is 2.75. The summed E-state index contributed by atoms with van der Waals surface area (Å²) in [7, 11) is 0. The number of fused-ring (bicyclic) bond motifs is 2. The van der Waals surface area contributed by atoms with Crippen LogP contribution >= 0.6 is 0 Å². The summed E-state index contributed by atoms with van der Waals surface area (Å²) in [6, 6.07) is 0. The SMILES string of the molecule is CC(=O)O[C@@H]1C[C@H](C)[C@H]2[C@@H]3[C@@H]1[C@]2(C)[C@H](O)C[C@@H](OC(C)=O)C3(C)C. The van der Waals surface area contributed by atoms with Gasteiger partial charge in [-0.05, 0) is 24.2 Å². The van der Waals surface area contributed by atoms with E-state index in [-0.39, 0.29) is 46.8 Å². The molecule has 0 saturated heterocycles. The summed E-state index contributed by atoms with van der Waals surface area (Å²) in [5.74, 6) is 0.547. The Kier molecular flexibility index (Phi) is 4.02. The standard InChI is InChI=1S/C19H30O5/c1-9-7-12(23-10(2)20)16-17-15(9)19(16,6)13(22)8-14(18(17,4)5)24-11(3)21/h9,12-17,22H,7-8H2,1-6H3/t9-,12+,13+,14+,15-,16+,17+,19+/m0/s1.